The van der Waals surface area contributed by atoms with Crippen molar-refractivity contribution in [1.82, 2.24) is 10.2 Å². The SMILES string of the molecule is Cc1ccc(C(C)NC2CCN(C)C2)c(C)c1. The van der Waals surface area contributed by atoms with Crippen LogP contribution < -0.4 is 5.32 Å². The first-order valence-corrected chi connectivity index (χ1v) is 6.58. The molecular formula is C15H24N2. The zero-order valence-electron chi connectivity index (χ0n) is 11.5. The Bertz CT molecular complexity index is 387. The Morgan fingerprint density at radius 2 is 2.12 bits per heavy atom. The number of nitrogens with zero attached hydrogens (tertiary/aromatic N) is 1. The van der Waals surface area contributed by atoms with Crippen molar-refractivity contribution in [2.24, 2.45) is 0 Å². The van der Waals surface area contributed by atoms with Gasteiger partial charge in [-0.15, -0.1) is 0 Å². The normalized spacial score (nSPS) is 22.9. The molecule has 2 unspecified atom stereocenters. The third-order valence-electron chi connectivity index (χ3n) is 3.77. The maximum Gasteiger partial charge on any atom is 0.0297 e. The molecule has 1 N–H and O–H groups in total. The van der Waals surface area contributed by atoms with Gasteiger partial charge in [-0.2, -0.15) is 0 Å². The molecule has 1 aromatic rings. The summed E-state index contributed by atoms with van der Waals surface area (Å²) >= 11 is 0. The fourth-order valence-electron chi connectivity index (χ4n) is 2.83. The first kappa shape index (κ1) is 12.6. The zero-order valence-corrected chi connectivity index (χ0v) is 11.5. The van der Waals surface area contributed by atoms with Crippen molar-refractivity contribution >= 4 is 0 Å². The molecule has 1 fully saturated rings. The molecule has 17 heavy (non-hydrogen) atoms. The fourth-order valence-corrected chi connectivity index (χ4v) is 2.83. The van der Waals surface area contributed by atoms with E-state index in [-0.39, 0.29) is 0 Å². The standard InChI is InChI=1S/C15H24N2/c1-11-5-6-15(12(2)9-11)13(3)16-14-7-8-17(4)10-14/h5-6,9,13-14,16H,7-8,10H2,1-4H3. The molecule has 1 aliphatic heterocycles. The highest BCUT2D eigenvalue weighted by molar-refractivity contribution is 5.32. The van der Waals surface area contributed by atoms with Crippen molar-refractivity contribution in [1.29, 1.82) is 0 Å². The lowest BCUT2D eigenvalue weighted by atomic mass is 9.99. The number of benzene rings is 1. The van der Waals surface area contributed by atoms with Crippen molar-refractivity contribution in [3.8, 4) is 0 Å². The smallest absolute Gasteiger partial charge is 0.0297 e. The second kappa shape index (κ2) is 5.19. The van der Waals surface area contributed by atoms with Gasteiger partial charge in [-0.3, -0.25) is 0 Å². The summed E-state index contributed by atoms with van der Waals surface area (Å²) in [4.78, 5) is 2.40. The predicted molar refractivity (Wildman–Crippen MR) is 73.4 cm³/mol. The molecule has 2 rings (SSSR count). The second-order valence-corrected chi connectivity index (χ2v) is 5.50. The van der Waals surface area contributed by atoms with Crippen LogP contribution in [0.5, 0.6) is 0 Å². The monoisotopic (exact) mass is 232 g/mol. The molecule has 0 aliphatic carbocycles. The summed E-state index contributed by atoms with van der Waals surface area (Å²) in [5, 5.41) is 3.74. The predicted octanol–water partition coefficient (Wildman–Crippen LogP) is 2.66. The van der Waals surface area contributed by atoms with E-state index in [2.05, 4.69) is 56.2 Å². The van der Waals surface area contributed by atoms with Crippen LogP contribution >= 0.6 is 0 Å². The van der Waals surface area contributed by atoms with E-state index in [1.165, 1.54) is 36.2 Å². The lowest BCUT2D eigenvalue weighted by Crippen LogP contribution is -2.33. The van der Waals surface area contributed by atoms with Crippen molar-refractivity contribution in [3.63, 3.8) is 0 Å². The number of likely N-dealkylation sites (N-methyl/N-ethyl adjacent to an activating group) is 1. The summed E-state index contributed by atoms with van der Waals surface area (Å²) in [6, 6.07) is 7.85. The van der Waals surface area contributed by atoms with Crippen molar-refractivity contribution < 1.29 is 0 Å². The van der Waals surface area contributed by atoms with Gasteiger partial charge in [-0.05, 0) is 51.9 Å². The first-order chi connectivity index (χ1) is 8.06. The topological polar surface area (TPSA) is 15.3 Å². The van der Waals surface area contributed by atoms with E-state index in [1.807, 2.05) is 0 Å². The highest BCUT2D eigenvalue weighted by Crippen LogP contribution is 2.20. The summed E-state index contributed by atoms with van der Waals surface area (Å²) in [6.07, 6.45) is 1.27. The molecule has 2 atom stereocenters. The van der Waals surface area contributed by atoms with E-state index in [9.17, 15) is 0 Å². The van der Waals surface area contributed by atoms with Crippen LogP contribution in [0.25, 0.3) is 0 Å². The number of hydrogen-bond donors (Lipinski definition) is 1. The molecule has 1 heterocycles. The maximum atomic E-state index is 3.74. The Labute approximate surface area is 105 Å². The Morgan fingerprint density at radius 3 is 2.71 bits per heavy atom. The van der Waals surface area contributed by atoms with Gasteiger partial charge in [0, 0.05) is 18.6 Å². The summed E-state index contributed by atoms with van der Waals surface area (Å²) in [6.45, 7) is 9.03. The number of aryl methyl sites for hydroxylation is 2. The average molecular weight is 232 g/mol. The minimum atomic E-state index is 0.451. The number of nitrogens with one attached hydrogen (secondary N) is 1. The molecule has 94 valence electrons. The quantitative estimate of drug-likeness (QED) is 0.862. The molecule has 0 aromatic heterocycles. The van der Waals surface area contributed by atoms with E-state index in [0.717, 1.165) is 0 Å². The van der Waals surface area contributed by atoms with Crippen LogP contribution in [0.1, 0.15) is 36.1 Å². The average Bonchev–Trinajstić information content (AvgIpc) is 2.63. The minimum absolute atomic E-state index is 0.451. The molecule has 0 amide bonds. The summed E-state index contributed by atoms with van der Waals surface area (Å²) in [7, 11) is 2.20. The molecule has 2 nitrogen and oxygen atoms in total. The van der Waals surface area contributed by atoms with Gasteiger partial charge in [-0.1, -0.05) is 23.8 Å². The summed E-state index contributed by atoms with van der Waals surface area (Å²) < 4.78 is 0. The van der Waals surface area contributed by atoms with Crippen LogP contribution in [0.15, 0.2) is 18.2 Å². The lowest BCUT2D eigenvalue weighted by Gasteiger charge is -2.21. The minimum Gasteiger partial charge on any atom is -0.306 e. The van der Waals surface area contributed by atoms with Gasteiger partial charge < -0.3 is 10.2 Å². The van der Waals surface area contributed by atoms with Gasteiger partial charge in [0.05, 0.1) is 0 Å². The fraction of sp³-hybridized carbons (Fsp3) is 0.600. The Balaban J connectivity index is 2.01. The van der Waals surface area contributed by atoms with Crippen molar-refractivity contribution in [2.45, 2.75) is 39.3 Å². The van der Waals surface area contributed by atoms with Gasteiger partial charge in [-0.25, -0.2) is 0 Å². The third-order valence-corrected chi connectivity index (χ3v) is 3.77. The van der Waals surface area contributed by atoms with Crippen LogP contribution in [-0.4, -0.2) is 31.1 Å². The highest BCUT2D eigenvalue weighted by atomic mass is 15.2. The van der Waals surface area contributed by atoms with Crippen LogP contribution in [0, 0.1) is 13.8 Å². The Hall–Kier alpha value is -0.860. The zero-order chi connectivity index (χ0) is 12.4. The number of hydrogen-bond acceptors (Lipinski definition) is 2. The van der Waals surface area contributed by atoms with Gasteiger partial charge >= 0.3 is 0 Å². The van der Waals surface area contributed by atoms with Gasteiger partial charge in [0.15, 0.2) is 0 Å². The molecule has 1 aromatic carbocycles. The summed E-state index contributed by atoms with van der Waals surface area (Å²) in [5.74, 6) is 0. The van der Waals surface area contributed by atoms with E-state index in [1.54, 1.807) is 0 Å². The molecule has 0 spiro atoms. The molecule has 0 radical (unpaired) electrons. The van der Waals surface area contributed by atoms with E-state index >= 15 is 0 Å². The lowest BCUT2D eigenvalue weighted by molar-refractivity contribution is 0.387. The third kappa shape index (κ3) is 3.08. The van der Waals surface area contributed by atoms with Crippen LogP contribution in [0.4, 0.5) is 0 Å². The van der Waals surface area contributed by atoms with Gasteiger partial charge in [0.25, 0.3) is 0 Å². The molecule has 0 saturated carbocycles. The van der Waals surface area contributed by atoms with Crippen LogP contribution in [0.2, 0.25) is 0 Å². The molecule has 2 heteroatoms. The number of rotatable bonds is 3. The van der Waals surface area contributed by atoms with Crippen molar-refractivity contribution in [3.05, 3.63) is 34.9 Å². The molecule has 1 aliphatic rings. The van der Waals surface area contributed by atoms with Crippen LogP contribution in [0.3, 0.4) is 0 Å². The Kier molecular flexibility index (Phi) is 3.85. The second-order valence-electron chi connectivity index (χ2n) is 5.50. The van der Waals surface area contributed by atoms with Crippen molar-refractivity contribution in [2.75, 3.05) is 20.1 Å². The largest absolute Gasteiger partial charge is 0.306 e. The Morgan fingerprint density at radius 1 is 1.35 bits per heavy atom. The van der Waals surface area contributed by atoms with Crippen LogP contribution in [-0.2, 0) is 0 Å². The summed E-state index contributed by atoms with van der Waals surface area (Å²) in [5.41, 5.74) is 4.18. The van der Waals surface area contributed by atoms with E-state index in [4.69, 9.17) is 0 Å². The molecule has 0 bridgehead atoms. The molecular weight excluding hydrogens is 208 g/mol. The molecule has 1 saturated heterocycles. The van der Waals surface area contributed by atoms with E-state index in [0.29, 0.717) is 12.1 Å². The van der Waals surface area contributed by atoms with E-state index < -0.39 is 0 Å². The number of likely N-dealkylation sites (tertiary alicyclic amines) is 1. The highest BCUT2D eigenvalue weighted by Gasteiger charge is 2.21. The first-order valence-electron chi connectivity index (χ1n) is 6.58. The van der Waals surface area contributed by atoms with Gasteiger partial charge in [0.1, 0.15) is 0 Å². The van der Waals surface area contributed by atoms with Gasteiger partial charge in [0.2, 0.25) is 0 Å². The maximum absolute atomic E-state index is 3.74.